The summed E-state index contributed by atoms with van der Waals surface area (Å²) >= 11 is 0. The van der Waals surface area contributed by atoms with E-state index < -0.39 is 0 Å². The Hall–Kier alpha value is -1.03. The van der Waals surface area contributed by atoms with Gasteiger partial charge >= 0.3 is 5.69 Å². The second kappa shape index (κ2) is 4.00. The average molecular weight is 195 g/mol. The highest BCUT2D eigenvalue weighted by molar-refractivity contribution is 4.88. The molecular formula is C10H17N3O. The zero-order valence-corrected chi connectivity index (χ0v) is 8.57. The molecule has 1 aromatic heterocycles. The molecule has 1 unspecified atom stereocenters. The van der Waals surface area contributed by atoms with Gasteiger partial charge in [-0.15, -0.1) is 0 Å². The van der Waals surface area contributed by atoms with Crippen LogP contribution in [0.2, 0.25) is 0 Å². The molecule has 1 aliphatic rings. The van der Waals surface area contributed by atoms with Crippen LogP contribution in [0, 0.1) is 0 Å². The molecule has 1 aliphatic heterocycles. The minimum atomic E-state index is 0.139. The van der Waals surface area contributed by atoms with Gasteiger partial charge in [-0.25, -0.2) is 4.79 Å². The Bertz CT molecular complexity index is 346. The first kappa shape index (κ1) is 9.52. The molecule has 0 amide bonds. The van der Waals surface area contributed by atoms with Crippen LogP contribution in [0.15, 0.2) is 17.2 Å². The molecule has 0 spiro atoms. The van der Waals surface area contributed by atoms with Crippen LogP contribution in [0.25, 0.3) is 0 Å². The standard InChI is InChI=1S/C10H17N3O/c1-2-5-12-6-7-13(10(12)14)9-3-4-11-8-9/h6-7,9,11H,2-5,8H2,1H3. The molecular weight excluding hydrogens is 178 g/mol. The SMILES string of the molecule is CCCn1ccn(C2CCNC2)c1=O. The number of hydrogen-bond acceptors (Lipinski definition) is 2. The number of hydrogen-bond donors (Lipinski definition) is 1. The third-order valence-electron chi connectivity index (χ3n) is 2.77. The molecule has 1 aromatic rings. The zero-order valence-electron chi connectivity index (χ0n) is 8.57. The van der Waals surface area contributed by atoms with Crippen molar-refractivity contribution in [2.45, 2.75) is 32.4 Å². The number of aryl methyl sites for hydroxylation is 1. The van der Waals surface area contributed by atoms with E-state index in [1.165, 1.54) is 0 Å². The third-order valence-corrected chi connectivity index (χ3v) is 2.77. The van der Waals surface area contributed by atoms with Gasteiger partial charge in [0, 0.05) is 25.5 Å². The summed E-state index contributed by atoms with van der Waals surface area (Å²) in [7, 11) is 0. The van der Waals surface area contributed by atoms with Crippen LogP contribution < -0.4 is 11.0 Å². The van der Waals surface area contributed by atoms with Gasteiger partial charge in [0.15, 0.2) is 0 Å². The van der Waals surface area contributed by atoms with E-state index in [4.69, 9.17) is 0 Å². The van der Waals surface area contributed by atoms with Crippen LogP contribution in [0.5, 0.6) is 0 Å². The van der Waals surface area contributed by atoms with Gasteiger partial charge in [0.1, 0.15) is 0 Å². The van der Waals surface area contributed by atoms with Gasteiger partial charge in [0.25, 0.3) is 0 Å². The highest BCUT2D eigenvalue weighted by Crippen LogP contribution is 2.11. The summed E-state index contributed by atoms with van der Waals surface area (Å²) in [5, 5.41) is 3.27. The summed E-state index contributed by atoms with van der Waals surface area (Å²) in [6.07, 6.45) is 5.88. The number of aromatic nitrogens is 2. The lowest BCUT2D eigenvalue weighted by atomic mass is 10.3. The van der Waals surface area contributed by atoms with E-state index in [2.05, 4.69) is 12.2 Å². The molecule has 1 fully saturated rings. The van der Waals surface area contributed by atoms with Gasteiger partial charge in [-0.1, -0.05) is 6.92 Å². The molecule has 4 heteroatoms. The van der Waals surface area contributed by atoms with E-state index >= 15 is 0 Å². The molecule has 1 atom stereocenters. The fourth-order valence-electron chi connectivity index (χ4n) is 1.99. The van der Waals surface area contributed by atoms with E-state index in [-0.39, 0.29) is 5.69 Å². The maximum Gasteiger partial charge on any atom is 0.328 e. The molecule has 1 N–H and O–H groups in total. The number of imidazole rings is 1. The topological polar surface area (TPSA) is 39.0 Å². The van der Waals surface area contributed by atoms with Crippen LogP contribution >= 0.6 is 0 Å². The van der Waals surface area contributed by atoms with Crippen molar-refractivity contribution in [3.63, 3.8) is 0 Å². The lowest BCUT2D eigenvalue weighted by molar-refractivity contribution is 0.511. The lowest BCUT2D eigenvalue weighted by Crippen LogP contribution is -2.28. The first-order valence-electron chi connectivity index (χ1n) is 5.31. The largest absolute Gasteiger partial charge is 0.328 e. The predicted molar refractivity (Wildman–Crippen MR) is 55.5 cm³/mol. The van der Waals surface area contributed by atoms with Gasteiger partial charge in [0.05, 0.1) is 6.04 Å². The monoisotopic (exact) mass is 195 g/mol. The van der Waals surface area contributed by atoms with Crippen LogP contribution in [0.1, 0.15) is 25.8 Å². The molecule has 1 saturated heterocycles. The number of nitrogens with one attached hydrogen (secondary N) is 1. The second-order valence-corrected chi connectivity index (χ2v) is 3.83. The average Bonchev–Trinajstić information content (AvgIpc) is 2.77. The zero-order chi connectivity index (χ0) is 9.97. The summed E-state index contributed by atoms with van der Waals surface area (Å²) in [6.45, 7) is 4.86. The Morgan fingerprint density at radius 3 is 3.07 bits per heavy atom. The Kier molecular flexibility index (Phi) is 2.72. The fourth-order valence-corrected chi connectivity index (χ4v) is 1.99. The first-order chi connectivity index (χ1) is 6.83. The summed E-state index contributed by atoms with van der Waals surface area (Å²) in [6, 6.07) is 0.362. The van der Waals surface area contributed by atoms with Crippen molar-refractivity contribution in [3.8, 4) is 0 Å². The van der Waals surface area contributed by atoms with Crippen molar-refractivity contribution in [3.05, 3.63) is 22.9 Å². The molecule has 0 radical (unpaired) electrons. The Balaban J connectivity index is 2.21. The number of nitrogens with zero attached hydrogens (tertiary/aromatic N) is 2. The Labute approximate surface area is 83.5 Å². The molecule has 4 nitrogen and oxygen atoms in total. The second-order valence-electron chi connectivity index (χ2n) is 3.83. The normalized spacial score (nSPS) is 21.6. The smallest absolute Gasteiger partial charge is 0.315 e. The Morgan fingerprint density at radius 2 is 2.43 bits per heavy atom. The van der Waals surface area contributed by atoms with Crippen molar-refractivity contribution >= 4 is 0 Å². The lowest BCUT2D eigenvalue weighted by Gasteiger charge is -2.08. The van der Waals surface area contributed by atoms with Crippen molar-refractivity contribution in [2.75, 3.05) is 13.1 Å². The van der Waals surface area contributed by atoms with Gasteiger partial charge < -0.3 is 5.32 Å². The molecule has 0 aromatic carbocycles. The minimum absolute atomic E-state index is 0.139. The molecule has 0 bridgehead atoms. The van der Waals surface area contributed by atoms with Crippen molar-refractivity contribution in [1.29, 1.82) is 0 Å². The maximum atomic E-state index is 11.8. The summed E-state index contributed by atoms with van der Waals surface area (Å²) in [4.78, 5) is 11.8. The van der Waals surface area contributed by atoms with Gasteiger partial charge in [0.2, 0.25) is 0 Å². The predicted octanol–water partition coefficient (Wildman–Crippen LogP) is 0.594. The minimum Gasteiger partial charge on any atom is -0.315 e. The van der Waals surface area contributed by atoms with E-state index in [1.807, 2.05) is 17.0 Å². The molecule has 2 heterocycles. The Morgan fingerprint density at radius 1 is 1.57 bits per heavy atom. The van der Waals surface area contributed by atoms with E-state index in [9.17, 15) is 4.79 Å². The summed E-state index contributed by atoms with van der Waals surface area (Å²) in [5.74, 6) is 0. The van der Waals surface area contributed by atoms with Crippen molar-refractivity contribution < 1.29 is 0 Å². The molecule has 2 rings (SSSR count). The molecule has 0 aliphatic carbocycles. The van der Waals surface area contributed by atoms with E-state index in [0.717, 1.165) is 32.5 Å². The van der Waals surface area contributed by atoms with Crippen LogP contribution in [0.4, 0.5) is 0 Å². The van der Waals surface area contributed by atoms with Gasteiger partial charge in [-0.3, -0.25) is 9.13 Å². The third kappa shape index (κ3) is 1.62. The highest BCUT2D eigenvalue weighted by atomic mass is 16.1. The number of rotatable bonds is 3. The van der Waals surface area contributed by atoms with E-state index in [0.29, 0.717) is 6.04 Å². The summed E-state index contributed by atoms with van der Waals surface area (Å²) in [5.41, 5.74) is 0.139. The fraction of sp³-hybridized carbons (Fsp3) is 0.700. The first-order valence-corrected chi connectivity index (χ1v) is 5.31. The van der Waals surface area contributed by atoms with Crippen molar-refractivity contribution in [2.24, 2.45) is 0 Å². The van der Waals surface area contributed by atoms with E-state index in [1.54, 1.807) is 4.57 Å². The van der Waals surface area contributed by atoms with Crippen LogP contribution in [-0.4, -0.2) is 22.2 Å². The quantitative estimate of drug-likeness (QED) is 0.767. The van der Waals surface area contributed by atoms with Crippen LogP contribution in [-0.2, 0) is 6.54 Å². The highest BCUT2D eigenvalue weighted by Gasteiger charge is 2.18. The summed E-state index contributed by atoms with van der Waals surface area (Å²) < 4.78 is 3.65. The van der Waals surface area contributed by atoms with Gasteiger partial charge in [-0.05, 0) is 19.4 Å². The molecule has 78 valence electrons. The molecule has 0 saturated carbocycles. The van der Waals surface area contributed by atoms with Crippen molar-refractivity contribution in [1.82, 2.24) is 14.5 Å². The van der Waals surface area contributed by atoms with Crippen LogP contribution in [0.3, 0.4) is 0 Å². The maximum absolute atomic E-state index is 11.8. The molecule has 14 heavy (non-hydrogen) atoms. The van der Waals surface area contributed by atoms with Gasteiger partial charge in [-0.2, -0.15) is 0 Å².